The molecule has 0 amide bonds. The molecule has 0 radical (unpaired) electrons. The Balaban J connectivity index is 3.08. The van der Waals surface area contributed by atoms with Crippen LogP contribution in [0.2, 0.25) is 0 Å². The number of hydrogen-bond donors (Lipinski definition) is 0. The van der Waals surface area contributed by atoms with Crippen LogP contribution >= 0.6 is 15.9 Å². The fraction of sp³-hybridized carbons (Fsp3) is 0.400. The van der Waals surface area contributed by atoms with Crippen molar-refractivity contribution in [2.45, 2.75) is 11.8 Å². The average Bonchev–Trinajstić information content (AvgIpc) is 2.16. The third-order valence-electron chi connectivity index (χ3n) is 1.87. The van der Waals surface area contributed by atoms with Crippen molar-refractivity contribution in [3.8, 4) is 11.5 Å². The molecule has 1 unspecified atom stereocenters. The first-order valence-electron chi connectivity index (χ1n) is 4.05. The maximum Gasteiger partial charge on any atom is 0.126 e. The summed E-state index contributed by atoms with van der Waals surface area (Å²) in [5.41, 5.74) is 1.13. The molecule has 72 valence electrons. The zero-order chi connectivity index (χ0) is 9.84. The van der Waals surface area contributed by atoms with Crippen molar-refractivity contribution in [3.63, 3.8) is 0 Å². The number of hydrogen-bond acceptors (Lipinski definition) is 2. The third-order valence-corrected chi connectivity index (χ3v) is 2.36. The van der Waals surface area contributed by atoms with E-state index in [4.69, 9.17) is 9.47 Å². The fourth-order valence-electron chi connectivity index (χ4n) is 1.15. The third kappa shape index (κ3) is 2.37. The smallest absolute Gasteiger partial charge is 0.126 e. The van der Waals surface area contributed by atoms with E-state index in [9.17, 15) is 0 Å². The molecule has 1 aromatic rings. The van der Waals surface area contributed by atoms with Gasteiger partial charge in [0.25, 0.3) is 0 Å². The van der Waals surface area contributed by atoms with Crippen LogP contribution in [0.25, 0.3) is 0 Å². The molecular weight excluding hydrogens is 232 g/mol. The van der Waals surface area contributed by atoms with Crippen molar-refractivity contribution in [3.05, 3.63) is 23.8 Å². The first kappa shape index (κ1) is 10.4. The Morgan fingerprint density at radius 1 is 1.23 bits per heavy atom. The number of methoxy groups -OCH3 is 2. The van der Waals surface area contributed by atoms with Gasteiger partial charge in [-0.2, -0.15) is 0 Å². The first-order chi connectivity index (χ1) is 6.19. The summed E-state index contributed by atoms with van der Waals surface area (Å²) < 4.78 is 10.3. The lowest BCUT2D eigenvalue weighted by molar-refractivity contribution is 0.391. The molecule has 13 heavy (non-hydrogen) atoms. The molecular formula is C10H13BrO2. The average molecular weight is 245 g/mol. The second kappa shape index (κ2) is 4.51. The maximum absolute atomic E-state index is 5.24. The summed E-state index contributed by atoms with van der Waals surface area (Å²) in [7, 11) is 3.31. The van der Waals surface area contributed by atoms with Gasteiger partial charge in [0.1, 0.15) is 11.5 Å². The lowest BCUT2D eigenvalue weighted by Crippen LogP contribution is -1.93. The van der Waals surface area contributed by atoms with Gasteiger partial charge in [-0.1, -0.05) is 22.0 Å². The SMILES string of the molecule is COc1ccc(C(C)Br)c(OC)c1. The van der Waals surface area contributed by atoms with E-state index in [-0.39, 0.29) is 4.83 Å². The molecule has 3 heteroatoms. The highest BCUT2D eigenvalue weighted by molar-refractivity contribution is 9.09. The molecule has 1 atom stereocenters. The molecule has 0 N–H and O–H groups in total. The molecule has 0 aliphatic heterocycles. The van der Waals surface area contributed by atoms with Crippen molar-refractivity contribution in [1.82, 2.24) is 0 Å². The maximum atomic E-state index is 5.24. The van der Waals surface area contributed by atoms with Gasteiger partial charge in [0.2, 0.25) is 0 Å². The zero-order valence-corrected chi connectivity index (χ0v) is 9.59. The molecule has 2 nitrogen and oxygen atoms in total. The Morgan fingerprint density at radius 3 is 2.38 bits per heavy atom. The molecule has 0 aliphatic rings. The predicted molar refractivity (Wildman–Crippen MR) is 56.9 cm³/mol. The summed E-state index contributed by atoms with van der Waals surface area (Å²) in [5, 5.41) is 0. The monoisotopic (exact) mass is 244 g/mol. The van der Waals surface area contributed by atoms with E-state index in [1.807, 2.05) is 18.2 Å². The van der Waals surface area contributed by atoms with Gasteiger partial charge in [-0.25, -0.2) is 0 Å². The first-order valence-corrected chi connectivity index (χ1v) is 4.96. The minimum Gasteiger partial charge on any atom is -0.497 e. The van der Waals surface area contributed by atoms with E-state index in [1.54, 1.807) is 14.2 Å². The lowest BCUT2D eigenvalue weighted by Gasteiger charge is -2.11. The van der Waals surface area contributed by atoms with E-state index < -0.39 is 0 Å². The normalized spacial score (nSPS) is 12.3. The number of rotatable bonds is 3. The Bertz CT molecular complexity index is 284. The van der Waals surface area contributed by atoms with Crippen molar-refractivity contribution >= 4 is 15.9 Å². The number of benzene rings is 1. The van der Waals surface area contributed by atoms with E-state index >= 15 is 0 Å². The van der Waals surface area contributed by atoms with Gasteiger partial charge in [0.15, 0.2) is 0 Å². The van der Waals surface area contributed by atoms with Gasteiger partial charge >= 0.3 is 0 Å². The summed E-state index contributed by atoms with van der Waals surface area (Å²) in [6, 6.07) is 5.81. The van der Waals surface area contributed by atoms with E-state index in [0.717, 1.165) is 17.1 Å². The molecule has 0 heterocycles. The summed E-state index contributed by atoms with van der Waals surface area (Å²) >= 11 is 3.50. The molecule has 0 spiro atoms. The molecule has 0 saturated heterocycles. The second-order valence-corrected chi connectivity index (χ2v) is 4.10. The van der Waals surface area contributed by atoms with Crippen LogP contribution < -0.4 is 9.47 Å². The highest BCUT2D eigenvalue weighted by atomic mass is 79.9. The van der Waals surface area contributed by atoms with Gasteiger partial charge in [0, 0.05) is 16.5 Å². The lowest BCUT2D eigenvalue weighted by atomic mass is 10.1. The highest BCUT2D eigenvalue weighted by Crippen LogP contribution is 2.33. The molecule has 1 aromatic carbocycles. The minimum atomic E-state index is 0.286. The predicted octanol–water partition coefficient (Wildman–Crippen LogP) is 3.16. The van der Waals surface area contributed by atoms with Crippen LogP contribution in [0.3, 0.4) is 0 Å². The summed E-state index contributed by atoms with van der Waals surface area (Å²) in [6.45, 7) is 2.06. The van der Waals surface area contributed by atoms with Crippen molar-refractivity contribution < 1.29 is 9.47 Å². The van der Waals surface area contributed by atoms with E-state index in [0.29, 0.717) is 0 Å². The van der Waals surface area contributed by atoms with Crippen molar-refractivity contribution in [2.75, 3.05) is 14.2 Å². The van der Waals surface area contributed by atoms with Crippen molar-refractivity contribution in [2.24, 2.45) is 0 Å². The molecule has 0 aliphatic carbocycles. The molecule has 1 rings (SSSR count). The van der Waals surface area contributed by atoms with Gasteiger partial charge in [0.05, 0.1) is 14.2 Å². The number of halogens is 1. The highest BCUT2D eigenvalue weighted by Gasteiger charge is 2.08. The molecule has 0 fully saturated rings. The summed E-state index contributed by atoms with van der Waals surface area (Å²) in [4.78, 5) is 0.286. The van der Waals surface area contributed by atoms with Crippen molar-refractivity contribution in [1.29, 1.82) is 0 Å². The van der Waals surface area contributed by atoms with Crippen LogP contribution in [0, 0.1) is 0 Å². The van der Waals surface area contributed by atoms with Gasteiger partial charge in [-0.05, 0) is 13.0 Å². The topological polar surface area (TPSA) is 18.5 Å². The van der Waals surface area contributed by atoms with Gasteiger partial charge < -0.3 is 9.47 Å². The largest absolute Gasteiger partial charge is 0.497 e. The molecule has 0 saturated carbocycles. The second-order valence-electron chi connectivity index (χ2n) is 2.72. The molecule has 0 aromatic heterocycles. The van der Waals surface area contributed by atoms with E-state index in [2.05, 4.69) is 22.9 Å². The van der Waals surface area contributed by atoms with Crippen LogP contribution in [0.4, 0.5) is 0 Å². The Labute approximate surface area is 87.0 Å². The van der Waals surface area contributed by atoms with Crippen LogP contribution in [0.5, 0.6) is 11.5 Å². The number of ether oxygens (including phenoxy) is 2. The Morgan fingerprint density at radius 2 is 1.92 bits per heavy atom. The Hall–Kier alpha value is -0.700. The van der Waals surface area contributed by atoms with Crippen LogP contribution in [0.15, 0.2) is 18.2 Å². The van der Waals surface area contributed by atoms with Gasteiger partial charge in [-0.3, -0.25) is 0 Å². The van der Waals surface area contributed by atoms with Crippen LogP contribution in [-0.4, -0.2) is 14.2 Å². The summed E-state index contributed by atoms with van der Waals surface area (Å²) in [6.07, 6.45) is 0. The molecule has 0 bridgehead atoms. The van der Waals surface area contributed by atoms with Crippen LogP contribution in [-0.2, 0) is 0 Å². The zero-order valence-electron chi connectivity index (χ0n) is 8.00. The summed E-state index contributed by atoms with van der Waals surface area (Å²) in [5.74, 6) is 1.66. The minimum absolute atomic E-state index is 0.286. The quantitative estimate of drug-likeness (QED) is 0.761. The standard InChI is InChI=1S/C10H13BrO2/c1-7(11)9-5-4-8(12-2)6-10(9)13-3/h4-7H,1-3H3. The Kier molecular flexibility index (Phi) is 3.60. The fourth-order valence-corrected chi connectivity index (χ4v) is 1.53. The van der Waals surface area contributed by atoms with Gasteiger partial charge in [-0.15, -0.1) is 0 Å². The van der Waals surface area contributed by atoms with E-state index in [1.165, 1.54) is 0 Å². The number of alkyl halides is 1. The van der Waals surface area contributed by atoms with Crippen LogP contribution in [0.1, 0.15) is 17.3 Å².